The predicted octanol–water partition coefficient (Wildman–Crippen LogP) is 4.70. The lowest BCUT2D eigenvalue weighted by Crippen LogP contribution is -2.40. The van der Waals surface area contributed by atoms with Gasteiger partial charge in [0.15, 0.2) is 6.61 Å². The molecular formula is C20H25NO2S. The quantitative estimate of drug-likeness (QED) is 0.805. The number of thiophene rings is 1. The summed E-state index contributed by atoms with van der Waals surface area (Å²) in [6, 6.07) is 8.50. The van der Waals surface area contributed by atoms with Crippen LogP contribution in [-0.4, -0.2) is 24.0 Å². The zero-order valence-electron chi connectivity index (χ0n) is 14.8. The van der Waals surface area contributed by atoms with Crippen LogP contribution >= 0.6 is 11.3 Å². The van der Waals surface area contributed by atoms with Crippen LogP contribution in [0.15, 0.2) is 29.6 Å². The molecule has 1 aromatic heterocycles. The average molecular weight is 343 g/mol. The van der Waals surface area contributed by atoms with Gasteiger partial charge in [0.25, 0.3) is 5.91 Å². The molecule has 0 saturated heterocycles. The van der Waals surface area contributed by atoms with Gasteiger partial charge in [0.2, 0.25) is 0 Å². The normalized spacial score (nSPS) is 17.0. The summed E-state index contributed by atoms with van der Waals surface area (Å²) in [5.74, 6) is 1.27. The van der Waals surface area contributed by atoms with Gasteiger partial charge in [0, 0.05) is 11.4 Å². The van der Waals surface area contributed by atoms with E-state index in [0.29, 0.717) is 5.92 Å². The van der Waals surface area contributed by atoms with Crippen LogP contribution in [0.25, 0.3) is 0 Å². The van der Waals surface area contributed by atoms with E-state index in [9.17, 15) is 4.79 Å². The molecule has 0 radical (unpaired) electrons. The Morgan fingerprint density at radius 2 is 2.17 bits per heavy atom. The largest absolute Gasteiger partial charge is 0.483 e. The Morgan fingerprint density at radius 1 is 1.38 bits per heavy atom. The molecule has 3 nitrogen and oxygen atoms in total. The van der Waals surface area contributed by atoms with E-state index in [1.54, 1.807) is 11.3 Å². The summed E-state index contributed by atoms with van der Waals surface area (Å²) in [6.45, 7) is 9.32. The van der Waals surface area contributed by atoms with Gasteiger partial charge < -0.3 is 9.64 Å². The van der Waals surface area contributed by atoms with Crippen molar-refractivity contribution in [3.05, 3.63) is 51.2 Å². The minimum absolute atomic E-state index is 0.0653. The van der Waals surface area contributed by atoms with E-state index in [0.717, 1.165) is 29.8 Å². The van der Waals surface area contributed by atoms with Crippen molar-refractivity contribution in [2.24, 2.45) is 0 Å². The summed E-state index contributed by atoms with van der Waals surface area (Å²) in [6.07, 6.45) is 0.949. The number of fused-ring (bicyclic) bond motifs is 1. The van der Waals surface area contributed by atoms with Crippen molar-refractivity contribution in [1.29, 1.82) is 0 Å². The first-order chi connectivity index (χ1) is 11.5. The van der Waals surface area contributed by atoms with Gasteiger partial charge in [0.05, 0.1) is 6.04 Å². The second-order valence-corrected chi connectivity index (χ2v) is 7.80. The molecule has 0 aliphatic carbocycles. The second-order valence-electron chi connectivity index (χ2n) is 6.80. The number of nitrogens with zero attached hydrogens (tertiary/aromatic N) is 1. The maximum Gasteiger partial charge on any atom is 0.261 e. The van der Waals surface area contributed by atoms with Crippen molar-refractivity contribution in [3.63, 3.8) is 0 Å². The van der Waals surface area contributed by atoms with Crippen molar-refractivity contribution < 1.29 is 9.53 Å². The highest BCUT2D eigenvalue weighted by Gasteiger charge is 2.28. The third kappa shape index (κ3) is 3.34. The zero-order valence-corrected chi connectivity index (χ0v) is 15.7. The lowest BCUT2D eigenvalue weighted by atomic mass is 10.0. The van der Waals surface area contributed by atoms with Crippen molar-refractivity contribution in [2.45, 2.75) is 46.1 Å². The molecule has 24 heavy (non-hydrogen) atoms. The van der Waals surface area contributed by atoms with Crippen LogP contribution in [0.3, 0.4) is 0 Å². The Kier molecular flexibility index (Phi) is 4.95. The molecule has 1 atom stereocenters. The van der Waals surface area contributed by atoms with E-state index in [2.05, 4.69) is 44.4 Å². The molecule has 0 saturated carbocycles. The number of amides is 1. The molecule has 0 fully saturated rings. The van der Waals surface area contributed by atoms with E-state index in [1.807, 2.05) is 17.9 Å². The molecular weight excluding hydrogens is 318 g/mol. The number of benzene rings is 1. The first-order valence-corrected chi connectivity index (χ1v) is 9.44. The topological polar surface area (TPSA) is 29.5 Å². The molecule has 1 amide bonds. The van der Waals surface area contributed by atoms with Gasteiger partial charge >= 0.3 is 0 Å². The number of hydrogen-bond acceptors (Lipinski definition) is 3. The first-order valence-electron chi connectivity index (χ1n) is 8.56. The molecule has 0 unspecified atom stereocenters. The van der Waals surface area contributed by atoms with Gasteiger partial charge in [-0.05, 0) is 60.4 Å². The Labute approximate surface area is 148 Å². The van der Waals surface area contributed by atoms with E-state index in [-0.39, 0.29) is 18.6 Å². The van der Waals surface area contributed by atoms with Crippen molar-refractivity contribution in [1.82, 2.24) is 4.90 Å². The Balaban J connectivity index is 1.70. The highest BCUT2D eigenvalue weighted by Crippen LogP contribution is 2.33. The minimum Gasteiger partial charge on any atom is -0.483 e. The van der Waals surface area contributed by atoms with Crippen LogP contribution in [0, 0.1) is 6.92 Å². The van der Waals surface area contributed by atoms with E-state index in [4.69, 9.17) is 4.74 Å². The lowest BCUT2D eigenvalue weighted by molar-refractivity contribution is -0.135. The number of ether oxygens (including phenoxy) is 1. The summed E-state index contributed by atoms with van der Waals surface area (Å²) in [5.41, 5.74) is 3.59. The molecule has 2 aromatic rings. The van der Waals surface area contributed by atoms with Crippen LogP contribution in [0.1, 0.15) is 54.3 Å². The van der Waals surface area contributed by atoms with Crippen LogP contribution in [-0.2, 0) is 11.2 Å². The average Bonchev–Trinajstić information content (AvgIpc) is 3.02. The molecule has 0 spiro atoms. The number of aryl methyl sites for hydroxylation is 1. The van der Waals surface area contributed by atoms with E-state index in [1.165, 1.54) is 10.4 Å². The van der Waals surface area contributed by atoms with Crippen LogP contribution in [0.4, 0.5) is 0 Å². The fourth-order valence-corrected chi connectivity index (χ4v) is 4.28. The number of carbonyl (C=O) groups is 1. The minimum atomic E-state index is 0.0653. The Morgan fingerprint density at radius 3 is 2.92 bits per heavy atom. The van der Waals surface area contributed by atoms with Crippen molar-refractivity contribution in [3.8, 4) is 5.75 Å². The molecule has 3 rings (SSSR count). The molecule has 0 bridgehead atoms. The number of rotatable bonds is 4. The third-order valence-electron chi connectivity index (χ3n) is 4.74. The highest BCUT2D eigenvalue weighted by molar-refractivity contribution is 7.10. The molecule has 1 aliphatic heterocycles. The summed E-state index contributed by atoms with van der Waals surface area (Å²) in [7, 11) is 0. The summed E-state index contributed by atoms with van der Waals surface area (Å²) in [5, 5.41) is 2.12. The van der Waals surface area contributed by atoms with Gasteiger partial charge in [-0.15, -0.1) is 11.3 Å². The fraction of sp³-hybridized carbons (Fsp3) is 0.450. The number of carbonyl (C=O) groups excluding carboxylic acids is 1. The molecule has 1 aromatic carbocycles. The molecule has 128 valence electrons. The van der Waals surface area contributed by atoms with Crippen LogP contribution < -0.4 is 4.74 Å². The van der Waals surface area contributed by atoms with Gasteiger partial charge in [-0.1, -0.05) is 26.0 Å². The van der Waals surface area contributed by atoms with Crippen molar-refractivity contribution >= 4 is 17.2 Å². The fourth-order valence-electron chi connectivity index (χ4n) is 3.32. The Bertz CT molecular complexity index is 735. The predicted molar refractivity (Wildman–Crippen MR) is 98.9 cm³/mol. The lowest BCUT2D eigenvalue weighted by Gasteiger charge is -2.33. The van der Waals surface area contributed by atoms with Crippen LogP contribution in [0.2, 0.25) is 0 Å². The van der Waals surface area contributed by atoms with Crippen molar-refractivity contribution in [2.75, 3.05) is 13.2 Å². The summed E-state index contributed by atoms with van der Waals surface area (Å²) >= 11 is 1.79. The smallest absolute Gasteiger partial charge is 0.261 e. The zero-order chi connectivity index (χ0) is 17.3. The maximum absolute atomic E-state index is 12.7. The first kappa shape index (κ1) is 17.0. The number of hydrogen-bond donors (Lipinski definition) is 0. The van der Waals surface area contributed by atoms with Gasteiger partial charge in [-0.25, -0.2) is 0 Å². The summed E-state index contributed by atoms with van der Waals surface area (Å²) in [4.78, 5) is 16.0. The molecule has 4 heteroatoms. The molecule has 1 aliphatic rings. The Hall–Kier alpha value is -1.81. The van der Waals surface area contributed by atoms with Gasteiger partial charge in [-0.3, -0.25) is 4.79 Å². The standard InChI is InChI=1S/C20H25NO2S/c1-13(2)16-6-5-14(3)11-18(16)23-12-20(22)21-9-7-19-17(15(21)4)8-10-24-19/h5-6,8,10-11,13,15H,7,9,12H2,1-4H3/t15-/m1/s1. The second kappa shape index (κ2) is 6.98. The third-order valence-corrected chi connectivity index (χ3v) is 5.74. The van der Waals surface area contributed by atoms with E-state index < -0.39 is 0 Å². The van der Waals surface area contributed by atoms with Gasteiger partial charge in [0.1, 0.15) is 5.75 Å². The van der Waals surface area contributed by atoms with Gasteiger partial charge in [-0.2, -0.15) is 0 Å². The highest BCUT2D eigenvalue weighted by atomic mass is 32.1. The molecule has 0 N–H and O–H groups in total. The van der Waals surface area contributed by atoms with Crippen LogP contribution in [0.5, 0.6) is 5.75 Å². The summed E-state index contributed by atoms with van der Waals surface area (Å²) < 4.78 is 5.92. The molecule has 2 heterocycles. The maximum atomic E-state index is 12.7. The van der Waals surface area contributed by atoms with E-state index >= 15 is 0 Å². The SMILES string of the molecule is Cc1ccc(C(C)C)c(OCC(=O)N2CCc3sccc3[C@H]2C)c1. The monoisotopic (exact) mass is 343 g/mol.